The van der Waals surface area contributed by atoms with Crippen LogP contribution in [0, 0.1) is 6.92 Å². The van der Waals surface area contributed by atoms with E-state index >= 15 is 0 Å². The Hall–Kier alpha value is -4.44. The standard InChI is InChI=1S/C28H26N2O7S/c1-4-13-36-20-8-6-7-18(15-20)23(32)21-22(17-9-11-19(31)12-10-17)30(26(34)24(21)33)28-29-16(3)25(38-28)27(35)37-14-5-2/h5-12,15,22,31-32H,2,4,13-14H2,1,3H3/b23-21+. The number of hydrogen-bond acceptors (Lipinski definition) is 9. The second kappa shape index (κ2) is 11.3. The average molecular weight is 535 g/mol. The van der Waals surface area contributed by atoms with Gasteiger partial charge >= 0.3 is 11.9 Å². The number of carbonyl (C=O) groups is 3. The smallest absolute Gasteiger partial charge is 0.350 e. The van der Waals surface area contributed by atoms with E-state index in [1.165, 1.54) is 18.2 Å². The van der Waals surface area contributed by atoms with Gasteiger partial charge in [0.15, 0.2) is 5.13 Å². The predicted molar refractivity (Wildman–Crippen MR) is 142 cm³/mol. The Bertz CT molecular complexity index is 1430. The Labute approximate surface area is 223 Å². The number of phenols is 1. The maximum atomic E-state index is 13.4. The summed E-state index contributed by atoms with van der Waals surface area (Å²) in [5, 5.41) is 21.2. The van der Waals surface area contributed by atoms with Crippen LogP contribution < -0.4 is 9.64 Å². The molecule has 1 aliphatic rings. The van der Waals surface area contributed by atoms with Crippen molar-refractivity contribution in [3.63, 3.8) is 0 Å². The number of thiazole rings is 1. The van der Waals surface area contributed by atoms with Crippen molar-refractivity contribution in [1.82, 2.24) is 4.98 Å². The summed E-state index contributed by atoms with van der Waals surface area (Å²) >= 11 is 0.903. The molecule has 0 spiro atoms. The first kappa shape index (κ1) is 26.6. The van der Waals surface area contributed by atoms with Crippen LogP contribution in [0.3, 0.4) is 0 Å². The topological polar surface area (TPSA) is 126 Å². The molecule has 1 saturated heterocycles. The van der Waals surface area contributed by atoms with Crippen molar-refractivity contribution >= 4 is 39.9 Å². The van der Waals surface area contributed by atoms with Gasteiger partial charge in [0, 0.05) is 5.56 Å². The molecule has 1 aromatic heterocycles. The molecule has 4 rings (SSSR count). The zero-order valence-electron chi connectivity index (χ0n) is 20.8. The molecule has 0 radical (unpaired) electrons. The molecule has 1 fully saturated rings. The first-order valence-corrected chi connectivity index (χ1v) is 12.7. The molecule has 196 valence electrons. The third-order valence-corrected chi connectivity index (χ3v) is 6.88. The van der Waals surface area contributed by atoms with Crippen LogP contribution in [0.5, 0.6) is 11.5 Å². The zero-order valence-corrected chi connectivity index (χ0v) is 21.7. The number of esters is 1. The van der Waals surface area contributed by atoms with E-state index in [1.807, 2.05) is 6.92 Å². The van der Waals surface area contributed by atoms with Gasteiger partial charge in [0.1, 0.15) is 28.7 Å². The number of phenolic OH excluding ortho intramolecular Hbond substituents is 1. The molecule has 0 saturated carbocycles. The Morgan fingerprint density at radius 3 is 2.63 bits per heavy atom. The molecule has 38 heavy (non-hydrogen) atoms. The number of amides is 1. The van der Waals surface area contributed by atoms with E-state index in [-0.39, 0.29) is 33.7 Å². The van der Waals surface area contributed by atoms with Crippen LogP contribution in [0.25, 0.3) is 5.76 Å². The van der Waals surface area contributed by atoms with Crippen molar-refractivity contribution in [3.8, 4) is 11.5 Å². The number of benzene rings is 2. The molecule has 2 heterocycles. The second-order valence-electron chi connectivity index (χ2n) is 8.44. The van der Waals surface area contributed by atoms with Crippen molar-refractivity contribution < 1.29 is 34.1 Å². The summed E-state index contributed by atoms with van der Waals surface area (Å²) in [6.45, 7) is 7.56. The van der Waals surface area contributed by atoms with E-state index in [2.05, 4.69) is 11.6 Å². The number of nitrogens with zero attached hydrogens (tertiary/aromatic N) is 2. The minimum absolute atomic E-state index is 0.00453. The molecule has 2 aromatic carbocycles. The summed E-state index contributed by atoms with van der Waals surface area (Å²) in [6, 6.07) is 11.5. The highest BCUT2D eigenvalue weighted by Gasteiger charge is 2.48. The third-order valence-electron chi connectivity index (χ3n) is 5.74. The van der Waals surface area contributed by atoms with Crippen molar-refractivity contribution in [2.24, 2.45) is 0 Å². The number of Topliss-reactive ketones (excluding diaryl/α,β-unsaturated/α-hetero) is 1. The summed E-state index contributed by atoms with van der Waals surface area (Å²) in [4.78, 5) is 44.9. The van der Waals surface area contributed by atoms with E-state index in [9.17, 15) is 24.6 Å². The number of aromatic nitrogens is 1. The summed E-state index contributed by atoms with van der Waals surface area (Å²) in [6.07, 6.45) is 2.22. The van der Waals surface area contributed by atoms with Gasteiger partial charge in [-0.1, -0.05) is 55.2 Å². The van der Waals surface area contributed by atoms with Crippen LogP contribution in [0.4, 0.5) is 5.13 Å². The molecule has 1 amide bonds. The molecule has 1 unspecified atom stereocenters. The first-order chi connectivity index (χ1) is 18.3. The third kappa shape index (κ3) is 5.16. The summed E-state index contributed by atoms with van der Waals surface area (Å²) in [5.41, 5.74) is 0.915. The van der Waals surface area contributed by atoms with Crippen LogP contribution in [0.15, 0.2) is 66.8 Å². The normalized spacial score (nSPS) is 16.5. The van der Waals surface area contributed by atoms with E-state index in [4.69, 9.17) is 9.47 Å². The SMILES string of the molecule is C=CCOC(=O)c1sc(N2C(=O)C(=O)/C(=C(/O)c3cccc(OCCC)c3)C2c2ccc(O)cc2)nc1C. The van der Waals surface area contributed by atoms with Crippen LogP contribution in [0.1, 0.15) is 45.9 Å². The Morgan fingerprint density at radius 2 is 1.95 bits per heavy atom. The lowest BCUT2D eigenvalue weighted by Crippen LogP contribution is -2.29. The van der Waals surface area contributed by atoms with Gasteiger partial charge in [-0.25, -0.2) is 9.78 Å². The molecule has 1 atom stereocenters. The molecular weight excluding hydrogens is 508 g/mol. The van der Waals surface area contributed by atoms with Gasteiger partial charge in [0.2, 0.25) is 0 Å². The molecule has 10 heteroatoms. The fourth-order valence-corrected chi connectivity index (χ4v) is 4.97. The second-order valence-corrected chi connectivity index (χ2v) is 9.41. The lowest BCUT2D eigenvalue weighted by Gasteiger charge is -2.23. The summed E-state index contributed by atoms with van der Waals surface area (Å²) < 4.78 is 10.8. The minimum Gasteiger partial charge on any atom is -0.508 e. The number of hydrogen-bond donors (Lipinski definition) is 2. The number of ketones is 1. The fraction of sp³-hybridized carbons (Fsp3) is 0.214. The Morgan fingerprint density at radius 1 is 1.21 bits per heavy atom. The van der Waals surface area contributed by atoms with Gasteiger partial charge in [-0.2, -0.15) is 0 Å². The number of anilines is 1. The van der Waals surface area contributed by atoms with Gasteiger partial charge in [-0.05, 0) is 43.2 Å². The molecular formula is C28H26N2O7S. The number of carbonyl (C=O) groups excluding carboxylic acids is 3. The summed E-state index contributed by atoms with van der Waals surface area (Å²) in [7, 11) is 0. The summed E-state index contributed by atoms with van der Waals surface area (Å²) in [5.74, 6) is -2.35. The van der Waals surface area contributed by atoms with Gasteiger partial charge in [-0.3, -0.25) is 14.5 Å². The molecule has 2 N–H and O–H groups in total. The zero-order chi connectivity index (χ0) is 27.4. The number of aromatic hydroxyl groups is 1. The van der Waals surface area contributed by atoms with Crippen molar-refractivity contribution in [2.75, 3.05) is 18.1 Å². The number of ether oxygens (including phenoxy) is 2. The Kier molecular flexibility index (Phi) is 7.92. The monoisotopic (exact) mass is 534 g/mol. The van der Waals surface area contributed by atoms with Crippen molar-refractivity contribution in [3.05, 3.63) is 88.5 Å². The van der Waals surface area contributed by atoms with Gasteiger partial charge in [-0.15, -0.1) is 0 Å². The largest absolute Gasteiger partial charge is 0.508 e. The van der Waals surface area contributed by atoms with Crippen LogP contribution in [-0.2, 0) is 14.3 Å². The van der Waals surface area contributed by atoms with E-state index in [1.54, 1.807) is 43.3 Å². The van der Waals surface area contributed by atoms with E-state index in [0.717, 1.165) is 22.7 Å². The predicted octanol–water partition coefficient (Wildman–Crippen LogP) is 4.92. The van der Waals surface area contributed by atoms with E-state index in [0.29, 0.717) is 29.2 Å². The average Bonchev–Trinajstić information content (AvgIpc) is 3.42. The lowest BCUT2D eigenvalue weighted by atomic mass is 9.95. The minimum atomic E-state index is -1.07. The van der Waals surface area contributed by atoms with Gasteiger partial charge in [0.05, 0.1) is 23.9 Å². The van der Waals surface area contributed by atoms with Crippen molar-refractivity contribution in [2.45, 2.75) is 26.3 Å². The maximum absolute atomic E-state index is 13.4. The highest BCUT2D eigenvalue weighted by Crippen LogP contribution is 2.44. The number of aliphatic hydroxyl groups is 1. The fourth-order valence-electron chi connectivity index (χ4n) is 3.99. The van der Waals surface area contributed by atoms with Gasteiger partial charge in [0.25, 0.3) is 5.78 Å². The molecule has 9 nitrogen and oxygen atoms in total. The number of aryl methyl sites for hydroxylation is 1. The number of aliphatic hydroxyl groups excluding tert-OH is 1. The molecule has 3 aromatic rings. The van der Waals surface area contributed by atoms with Crippen LogP contribution in [-0.4, -0.2) is 46.1 Å². The quantitative estimate of drug-likeness (QED) is 0.130. The highest BCUT2D eigenvalue weighted by molar-refractivity contribution is 7.17. The molecule has 1 aliphatic heterocycles. The highest BCUT2D eigenvalue weighted by atomic mass is 32.1. The van der Waals surface area contributed by atoms with Crippen LogP contribution in [0.2, 0.25) is 0 Å². The van der Waals surface area contributed by atoms with Gasteiger partial charge < -0.3 is 19.7 Å². The van der Waals surface area contributed by atoms with Crippen molar-refractivity contribution in [1.29, 1.82) is 0 Å². The first-order valence-electron chi connectivity index (χ1n) is 11.8. The Balaban J connectivity index is 1.85. The lowest BCUT2D eigenvalue weighted by molar-refractivity contribution is -0.132. The number of rotatable bonds is 9. The maximum Gasteiger partial charge on any atom is 0.350 e. The van der Waals surface area contributed by atoms with E-state index < -0.39 is 23.7 Å². The van der Waals surface area contributed by atoms with Crippen LogP contribution >= 0.6 is 11.3 Å². The molecule has 0 bridgehead atoms. The molecule has 0 aliphatic carbocycles.